The predicted molar refractivity (Wildman–Crippen MR) is 82.4 cm³/mol. The van der Waals surface area contributed by atoms with Gasteiger partial charge in [-0.1, -0.05) is 0 Å². The largest absolute Gasteiger partial charge is 0.372 e. The van der Waals surface area contributed by atoms with E-state index in [1.807, 2.05) is 12.3 Å². The molecule has 0 bridgehead atoms. The number of thiazole rings is 1. The second-order valence-electron chi connectivity index (χ2n) is 3.96. The smallest absolute Gasteiger partial charge is 0.244 e. The normalized spacial score (nSPS) is 11.6. The molecule has 6 nitrogen and oxygen atoms in total. The Bertz CT molecular complexity index is 715. The Morgan fingerprint density at radius 2 is 2.20 bits per heavy atom. The average Bonchev–Trinajstić information content (AvgIpc) is 2.82. The van der Waals surface area contributed by atoms with Crippen LogP contribution >= 0.6 is 27.3 Å². The number of rotatable bonds is 5. The lowest BCUT2D eigenvalue weighted by Gasteiger charge is -2.10. The maximum Gasteiger partial charge on any atom is 0.244 e. The van der Waals surface area contributed by atoms with Gasteiger partial charge in [0, 0.05) is 28.8 Å². The lowest BCUT2D eigenvalue weighted by Crippen LogP contribution is -2.24. The van der Waals surface area contributed by atoms with E-state index in [1.165, 1.54) is 23.6 Å². The van der Waals surface area contributed by atoms with Crippen LogP contribution in [0.5, 0.6) is 0 Å². The molecule has 0 aliphatic carbocycles. The van der Waals surface area contributed by atoms with Crippen molar-refractivity contribution >= 4 is 43.1 Å². The van der Waals surface area contributed by atoms with E-state index < -0.39 is 10.0 Å². The van der Waals surface area contributed by atoms with Crippen molar-refractivity contribution in [2.24, 2.45) is 0 Å². The summed E-state index contributed by atoms with van der Waals surface area (Å²) in [5.74, 6) is 0.302. The molecule has 0 saturated carbocycles. The number of aryl methyl sites for hydroxylation is 1. The summed E-state index contributed by atoms with van der Waals surface area (Å²) >= 11 is 4.64. The van der Waals surface area contributed by atoms with E-state index in [2.05, 4.69) is 35.9 Å². The molecule has 2 heterocycles. The summed E-state index contributed by atoms with van der Waals surface area (Å²) in [6.45, 7) is 2.03. The van der Waals surface area contributed by atoms with Crippen LogP contribution in [0.2, 0.25) is 0 Å². The highest BCUT2D eigenvalue weighted by molar-refractivity contribution is 9.10. The predicted octanol–water partition coefficient (Wildman–Crippen LogP) is 2.13. The molecular weight excluding hydrogens is 364 g/mol. The van der Waals surface area contributed by atoms with Crippen molar-refractivity contribution < 1.29 is 8.42 Å². The van der Waals surface area contributed by atoms with Crippen molar-refractivity contribution in [1.82, 2.24) is 14.7 Å². The summed E-state index contributed by atoms with van der Waals surface area (Å²) < 4.78 is 27.7. The summed E-state index contributed by atoms with van der Waals surface area (Å²) in [5, 5.41) is 5.37. The molecule has 0 fully saturated rings. The number of nitrogens with zero attached hydrogens (tertiary/aromatic N) is 2. The Morgan fingerprint density at radius 1 is 1.45 bits per heavy atom. The van der Waals surface area contributed by atoms with Crippen LogP contribution in [0.1, 0.15) is 10.7 Å². The quantitative estimate of drug-likeness (QED) is 0.834. The average molecular weight is 377 g/mol. The van der Waals surface area contributed by atoms with Crippen LogP contribution in [0.25, 0.3) is 0 Å². The standard InChI is InChI=1S/C11H13BrN4O2S2/c1-7-6-19-10(16-7)5-15-20(17,18)9-3-8(12)4-14-11(9)13-2/h3-4,6,15H,5H2,1-2H3,(H,13,14). The van der Waals surface area contributed by atoms with Crippen molar-refractivity contribution in [1.29, 1.82) is 0 Å². The Kier molecular flexibility index (Phi) is 4.74. The molecule has 9 heteroatoms. The number of nitrogens with one attached hydrogen (secondary N) is 2. The third-order valence-corrected chi connectivity index (χ3v) is 5.24. The number of anilines is 1. The molecule has 0 aliphatic heterocycles. The number of hydrogen-bond donors (Lipinski definition) is 2. The van der Waals surface area contributed by atoms with Crippen LogP contribution in [0, 0.1) is 6.92 Å². The number of pyridine rings is 1. The monoisotopic (exact) mass is 376 g/mol. The minimum Gasteiger partial charge on any atom is -0.372 e. The maximum absolute atomic E-state index is 12.3. The van der Waals surface area contributed by atoms with Gasteiger partial charge in [0.1, 0.15) is 15.7 Å². The van der Waals surface area contributed by atoms with Gasteiger partial charge in [0.05, 0.1) is 6.54 Å². The lowest BCUT2D eigenvalue weighted by atomic mass is 10.4. The first-order valence-corrected chi connectivity index (χ1v) is 8.82. The zero-order chi connectivity index (χ0) is 14.8. The van der Waals surface area contributed by atoms with E-state index in [9.17, 15) is 8.42 Å². The van der Waals surface area contributed by atoms with E-state index in [0.29, 0.717) is 10.3 Å². The summed E-state index contributed by atoms with van der Waals surface area (Å²) in [4.78, 5) is 8.35. The van der Waals surface area contributed by atoms with Gasteiger partial charge in [-0.25, -0.2) is 23.1 Å². The van der Waals surface area contributed by atoms with Crippen LogP contribution in [0.15, 0.2) is 27.0 Å². The van der Waals surface area contributed by atoms with Gasteiger partial charge in [0.2, 0.25) is 10.0 Å². The second-order valence-corrected chi connectivity index (χ2v) is 7.55. The van der Waals surface area contributed by atoms with Gasteiger partial charge in [-0.15, -0.1) is 11.3 Å². The summed E-state index contributed by atoms with van der Waals surface area (Å²) in [6, 6.07) is 1.51. The van der Waals surface area contributed by atoms with Crippen molar-refractivity contribution in [3.63, 3.8) is 0 Å². The zero-order valence-electron chi connectivity index (χ0n) is 10.8. The minimum atomic E-state index is -3.65. The Labute approximate surface area is 129 Å². The molecule has 0 amide bonds. The topological polar surface area (TPSA) is 84.0 Å². The molecule has 0 saturated heterocycles. The molecule has 0 aliphatic rings. The molecule has 20 heavy (non-hydrogen) atoms. The fourth-order valence-electron chi connectivity index (χ4n) is 1.53. The van der Waals surface area contributed by atoms with E-state index in [1.54, 1.807) is 7.05 Å². The Morgan fingerprint density at radius 3 is 2.80 bits per heavy atom. The summed E-state index contributed by atoms with van der Waals surface area (Å²) in [5.41, 5.74) is 0.879. The van der Waals surface area contributed by atoms with Gasteiger partial charge in [-0.05, 0) is 28.9 Å². The van der Waals surface area contributed by atoms with Crippen molar-refractivity contribution in [3.05, 3.63) is 32.8 Å². The first-order valence-electron chi connectivity index (χ1n) is 5.66. The first-order chi connectivity index (χ1) is 9.42. The highest BCUT2D eigenvalue weighted by Crippen LogP contribution is 2.22. The molecular formula is C11H13BrN4O2S2. The molecule has 0 spiro atoms. The van der Waals surface area contributed by atoms with Gasteiger partial charge in [0.25, 0.3) is 0 Å². The molecule has 0 aromatic carbocycles. The van der Waals surface area contributed by atoms with E-state index in [-0.39, 0.29) is 11.4 Å². The van der Waals surface area contributed by atoms with Crippen LogP contribution in [-0.4, -0.2) is 25.4 Å². The van der Waals surface area contributed by atoms with E-state index in [4.69, 9.17) is 0 Å². The van der Waals surface area contributed by atoms with Gasteiger partial charge in [-0.3, -0.25) is 0 Å². The van der Waals surface area contributed by atoms with Gasteiger partial charge >= 0.3 is 0 Å². The van der Waals surface area contributed by atoms with Crippen LogP contribution in [0.4, 0.5) is 5.82 Å². The number of sulfonamides is 1. The van der Waals surface area contributed by atoms with E-state index >= 15 is 0 Å². The summed E-state index contributed by atoms with van der Waals surface area (Å²) in [7, 11) is -2.03. The molecule has 2 rings (SSSR count). The summed E-state index contributed by atoms with van der Waals surface area (Å²) in [6.07, 6.45) is 1.54. The molecule has 0 radical (unpaired) electrons. The van der Waals surface area contributed by atoms with E-state index in [0.717, 1.165) is 10.7 Å². The fraction of sp³-hybridized carbons (Fsp3) is 0.273. The van der Waals surface area contributed by atoms with Crippen LogP contribution < -0.4 is 10.0 Å². The molecule has 0 atom stereocenters. The number of halogens is 1. The highest BCUT2D eigenvalue weighted by atomic mass is 79.9. The maximum atomic E-state index is 12.3. The SMILES string of the molecule is CNc1ncc(Br)cc1S(=O)(=O)NCc1nc(C)cs1. The molecule has 108 valence electrons. The fourth-order valence-corrected chi connectivity index (χ4v) is 3.99. The van der Waals surface area contributed by atoms with Crippen LogP contribution in [-0.2, 0) is 16.6 Å². The third kappa shape index (κ3) is 3.54. The third-order valence-electron chi connectivity index (χ3n) is 2.43. The zero-order valence-corrected chi connectivity index (χ0v) is 14.1. The second kappa shape index (κ2) is 6.17. The molecule has 2 N–H and O–H groups in total. The Hall–Kier alpha value is -1.03. The van der Waals surface area contributed by atoms with Crippen molar-refractivity contribution in [2.45, 2.75) is 18.4 Å². The van der Waals surface area contributed by atoms with Gasteiger partial charge in [0.15, 0.2) is 0 Å². The van der Waals surface area contributed by atoms with Crippen molar-refractivity contribution in [3.8, 4) is 0 Å². The number of aromatic nitrogens is 2. The molecule has 2 aromatic rings. The van der Waals surface area contributed by atoms with Gasteiger partial charge < -0.3 is 5.32 Å². The highest BCUT2D eigenvalue weighted by Gasteiger charge is 2.20. The molecule has 0 unspecified atom stereocenters. The first kappa shape index (κ1) is 15.4. The Balaban J connectivity index is 2.24. The van der Waals surface area contributed by atoms with Gasteiger partial charge in [-0.2, -0.15) is 0 Å². The minimum absolute atomic E-state index is 0.0997. The molecule has 2 aromatic heterocycles. The van der Waals surface area contributed by atoms with Crippen LogP contribution in [0.3, 0.4) is 0 Å². The lowest BCUT2D eigenvalue weighted by molar-refractivity contribution is 0.581. The van der Waals surface area contributed by atoms with Crippen molar-refractivity contribution in [2.75, 3.05) is 12.4 Å². The number of hydrogen-bond acceptors (Lipinski definition) is 6.